The molecule has 3 rings (SSSR count). The molecule has 2 saturated heterocycles. The Morgan fingerprint density at radius 1 is 1.11 bits per heavy atom. The van der Waals surface area contributed by atoms with Gasteiger partial charge in [0.15, 0.2) is 0 Å². The zero-order valence-electron chi connectivity index (χ0n) is 11.9. The van der Waals surface area contributed by atoms with Gasteiger partial charge in [0, 0.05) is 12.6 Å². The van der Waals surface area contributed by atoms with Gasteiger partial charge in [-0.05, 0) is 64.1 Å². The van der Waals surface area contributed by atoms with E-state index in [0.29, 0.717) is 11.9 Å². The van der Waals surface area contributed by atoms with Crippen molar-refractivity contribution in [2.24, 2.45) is 5.92 Å². The van der Waals surface area contributed by atoms with E-state index in [9.17, 15) is 4.79 Å². The summed E-state index contributed by atoms with van der Waals surface area (Å²) in [6, 6.07) is 0.784. The molecule has 0 bridgehead atoms. The molecule has 0 radical (unpaired) electrons. The van der Waals surface area contributed by atoms with E-state index in [0.717, 1.165) is 38.5 Å². The van der Waals surface area contributed by atoms with Crippen LogP contribution in [-0.4, -0.2) is 49.1 Å². The minimum Gasteiger partial charge on any atom is -0.354 e. The predicted molar refractivity (Wildman–Crippen MR) is 76.0 cm³/mol. The number of amides is 1. The molecule has 1 aliphatic carbocycles. The van der Waals surface area contributed by atoms with Crippen LogP contribution in [0.5, 0.6) is 0 Å². The number of hydrogen-bond donors (Lipinski definition) is 2. The summed E-state index contributed by atoms with van der Waals surface area (Å²) in [4.78, 5) is 14.9. The molecule has 0 spiro atoms. The van der Waals surface area contributed by atoms with Gasteiger partial charge in [-0.2, -0.15) is 0 Å². The topological polar surface area (TPSA) is 44.4 Å². The van der Waals surface area contributed by atoms with Gasteiger partial charge in [-0.1, -0.05) is 6.42 Å². The maximum Gasteiger partial charge on any atom is 0.237 e. The number of piperidine rings is 1. The second-order valence-corrected chi connectivity index (χ2v) is 6.42. The molecular formula is C15H27N3O. The lowest BCUT2D eigenvalue weighted by molar-refractivity contribution is -0.126. The Morgan fingerprint density at radius 3 is 2.58 bits per heavy atom. The van der Waals surface area contributed by atoms with Gasteiger partial charge in [0.05, 0.1) is 6.04 Å². The van der Waals surface area contributed by atoms with E-state index in [1.807, 2.05) is 0 Å². The van der Waals surface area contributed by atoms with E-state index in [-0.39, 0.29) is 6.04 Å². The fourth-order valence-electron chi connectivity index (χ4n) is 3.71. The maximum atomic E-state index is 12.4. The molecule has 4 nitrogen and oxygen atoms in total. The number of rotatable bonds is 4. The van der Waals surface area contributed by atoms with E-state index in [1.54, 1.807) is 0 Å². The van der Waals surface area contributed by atoms with Gasteiger partial charge >= 0.3 is 0 Å². The van der Waals surface area contributed by atoms with Gasteiger partial charge in [-0.15, -0.1) is 0 Å². The SMILES string of the molecule is O=C(NCC1CCC1)C1CCCN1C1CCNCC1. The molecule has 2 heterocycles. The number of likely N-dealkylation sites (tertiary alicyclic amines) is 1. The van der Waals surface area contributed by atoms with Crippen LogP contribution >= 0.6 is 0 Å². The molecule has 3 fully saturated rings. The summed E-state index contributed by atoms with van der Waals surface area (Å²) in [5.74, 6) is 1.06. The zero-order chi connectivity index (χ0) is 13.1. The molecule has 1 amide bonds. The van der Waals surface area contributed by atoms with Crippen molar-refractivity contribution in [3.63, 3.8) is 0 Å². The summed E-state index contributed by atoms with van der Waals surface area (Å²) in [6.07, 6.45) is 8.61. The van der Waals surface area contributed by atoms with Crippen molar-refractivity contribution in [1.29, 1.82) is 0 Å². The number of nitrogens with one attached hydrogen (secondary N) is 2. The average molecular weight is 265 g/mol. The fourth-order valence-corrected chi connectivity index (χ4v) is 3.71. The Kier molecular flexibility index (Phi) is 4.38. The summed E-state index contributed by atoms with van der Waals surface area (Å²) in [6.45, 7) is 4.25. The summed E-state index contributed by atoms with van der Waals surface area (Å²) < 4.78 is 0. The van der Waals surface area contributed by atoms with Crippen LogP contribution in [0.3, 0.4) is 0 Å². The van der Waals surface area contributed by atoms with E-state index >= 15 is 0 Å². The Labute approximate surface area is 116 Å². The molecule has 1 atom stereocenters. The molecule has 19 heavy (non-hydrogen) atoms. The monoisotopic (exact) mass is 265 g/mol. The highest BCUT2D eigenvalue weighted by Gasteiger charge is 2.35. The van der Waals surface area contributed by atoms with Crippen LogP contribution in [0.2, 0.25) is 0 Å². The van der Waals surface area contributed by atoms with Gasteiger partial charge in [0.1, 0.15) is 0 Å². The standard InChI is InChI=1S/C15H27N3O/c19-15(17-11-12-3-1-4-12)14-5-2-10-18(14)13-6-8-16-9-7-13/h12-14,16H,1-11H2,(H,17,19). The normalized spacial score (nSPS) is 30.2. The van der Waals surface area contributed by atoms with Crippen molar-refractivity contribution < 1.29 is 4.79 Å². The van der Waals surface area contributed by atoms with Gasteiger partial charge in [0.25, 0.3) is 0 Å². The summed E-state index contributed by atoms with van der Waals surface area (Å²) in [5.41, 5.74) is 0. The first kappa shape index (κ1) is 13.4. The molecule has 108 valence electrons. The molecule has 0 aromatic rings. The predicted octanol–water partition coefficient (Wildman–Crippen LogP) is 1.12. The summed E-state index contributed by atoms with van der Waals surface area (Å²) >= 11 is 0. The van der Waals surface area contributed by atoms with Crippen molar-refractivity contribution in [1.82, 2.24) is 15.5 Å². The van der Waals surface area contributed by atoms with E-state index in [2.05, 4.69) is 15.5 Å². The molecule has 2 aliphatic heterocycles. The molecule has 0 aromatic heterocycles. The lowest BCUT2D eigenvalue weighted by atomic mass is 9.85. The Bertz CT molecular complexity index is 311. The van der Waals surface area contributed by atoms with Gasteiger partial charge in [-0.3, -0.25) is 9.69 Å². The second-order valence-electron chi connectivity index (χ2n) is 6.42. The largest absolute Gasteiger partial charge is 0.354 e. The Balaban J connectivity index is 1.50. The molecule has 1 saturated carbocycles. The second kappa shape index (κ2) is 6.23. The van der Waals surface area contributed by atoms with Crippen LogP contribution in [0.1, 0.15) is 44.9 Å². The van der Waals surface area contributed by atoms with Gasteiger partial charge in [0.2, 0.25) is 5.91 Å². The molecule has 2 N–H and O–H groups in total. The fraction of sp³-hybridized carbons (Fsp3) is 0.933. The zero-order valence-corrected chi connectivity index (χ0v) is 11.9. The first-order valence-corrected chi connectivity index (χ1v) is 8.09. The molecule has 4 heteroatoms. The highest BCUT2D eigenvalue weighted by atomic mass is 16.2. The van der Waals surface area contributed by atoms with Crippen LogP contribution in [0.15, 0.2) is 0 Å². The van der Waals surface area contributed by atoms with Crippen LogP contribution in [0.25, 0.3) is 0 Å². The minimum atomic E-state index is 0.156. The summed E-state index contributed by atoms with van der Waals surface area (Å²) in [5, 5.41) is 6.61. The van der Waals surface area contributed by atoms with E-state index in [4.69, 9.17) is 0 Å². The minimum absolute atomic E-state index is 0.156. The highest BCUT2D eigenvalue weighted by Crippen LogP contribution is 2.27. The molecular weight excluding hydrogens is 238 g/mol. The van der Waals surface area contributed by atoms with Crippen LogP contribution in [0, 0.1) is 5.92 Å². The van der Waals surface area contributed by atoms with Crippen molar-refractivity contribution in [3.8, 4) is 0 Å². The third-order valence-electron chi connectivity index (χ3n) is 5.16. The number of carbonyl (C=O) groups excluding carboxylic acids is 1. The lowest BCUT2D eigenvalue weighted by Gasteiger charge is -2.35. The maximum absolute atomic E-state index is 12.4. The van der Waals surface area contributed by atoms with Gasteiger partial charge < -0.3 is 10.6 Å². The highest BCUT2D eigenvalue weighted by molar-refractivity contribution is 5.82. The quantitative estimate of drug-likeness (QED) is 0.800. The number of carbonyl (C=O) groups is 1. The van der Waals surface area contributed by atoms with Crippen LogP contribution in [-0.2, 0) is 4.79 Å². The van der Waals surface area contributed by atoms with Crippen LogP contribution < -0.4 is 10.6 Å². The molecule has 3 aliphatic rings. The Hall–Kier alpha value is -0.610. The first-order valence-electron chi connectivity index (χ1n) is 8.09. The summed E-state index contributed by atoms with van der Waals surface area (Å²) in [7, 11) is 0. The average Bonchev–Trinajstić information content (AvgIpc) is 2.87. The van der Waals surface area contributed by atoms with E-state index in [1.165, 1.54) is 38.5 Å². The first-order chi connectivity index (χ1) is 9.34. The molecule has 0 aromatic carbocycles. The number of nitrogens with zero attached hydrogens (tertiary/aromatic N) is 1. The Morgan fingerprint density at radius 2 is 1.89 bits per heavy atom. The third-order valence-corrected chi connectivity index (χ3v) is 5.16. The van der Waals surface area contributed by atoms with Gasteiger partial charge in [-0.25, -0.2) is 0 Å². The molecule has 1 unspecified atom stereocenters. The van der Waals surface area contributed by atoms with Crippen molar-refractivity contribution in [2.75, 3.05) is 26.2 Å². The third kappa shape index (κ3) is 3.11. The van der Waals surface area contributed by atoms with Crippen molar-refractivity contribution in [3.05, 3.63) is 0 Å². The van der Waals surface area contributed by atoms with E-state index < -0.39 is 0 Å². The lowest BCUT2D eigenvalue weighted by Crippen LogP contribution is -2.51. The number of hydrogen-bond acceptors (Lipinski definition) is 3. The van der Waals surface area contributed by atoms with Crippen LogP contribution in [0.4, 0.5) is 0 Å². The van der Waals surface area contributed by atoms with Crippen molar-refractivity contribution in [2.45, 2.75) is 57.0 Å². The van der Waals surface area contributed by atoms with Crippen molar-refractivity contribution >= 4 is 5.91 Å². The smallest absolute Gasteiger partial charge is 0.237 e.